The van der Waals surface area contributed by atoms with E-state index in [0.717, 1.165) is 12.1 Å². The van der Waals surface area contributed by atoms with Crippen LogP contribution >= 0.6 is 0 Å². The Hall–Kier alpha value is -2.72. The molecule has 8 nitrogen and oxygen atoms in total. The number of urea groups is 1. The second kappa shape index (κ2) is 9.19. The number of nitrogens with zero attached hydrogens (tertiary/aromatic N) is 1. The molecule has 158 valence electrons. The highest BCUT2D eigenvalue weighted by atomic mass is 32.2. The molecular weight excluding hydrogens is 399 g/mol. The van der Waals surface area contributed by atoms with Crippen molar-refractivity contribution in [3.05, 3.63) is 48.5 Å². The Kier molecular flexibility index (Phi) is 7.15. The Labute approximate surface area is 169 Å². The molecule has 1 aromatic carbocycles. The van der Waals surface area contributed by atoms with E-state index >= 15 is 0 Å². The molecule has 0 fully saturated rings. The summed E-state index contributed by atoms with van der Waals surface area (Å²) < 4.78 is 45.2. The van der Waals surface area contributed by atoms with Gasteiger partial charge in [-0.05, 0) is 45.9 Å². The lowest BCUT2D eigenvalue weighted by atomic mass is 10.3. The number of rotatable bonds is 7. The molecule has 29 heavy (non-hydrogen) atoms. The Bertz CT molecular complexity index is 946. The number of pyridine rings is 1. The van der Waals surface area contributed by atoms with Gasteiger partial charge < -0.3 is 15.4 Å². The first-order valence-electron chi connectivity index (χ1n) is 8.91. The third-order valence-electron chi connectivity index (χ3n) is 3.77. The first-order chi connectivity index (χ1) is 13.5. The largest absolute Gasteiger partial charge is 0.489 e. The van der Waals surface area contributed by atoms with Crippen molar-refractivity contribution in [2.75, 3.05) is 17.2 Å². The molecule has 0 aliphatic carbocycles. The summed E-state index contributed by atoms with van der Waals surface area (Å²) >= 11 is 0. The SMILES string of the molecule is C[C@@H](CNS(=O)(=O)C(C)(C)C)Oc1cc(F)cc(NC(=O)Nc2ccncc2)c1. The van der Waals surface area contributed by atoms with Gasteiger partial charge in [0.05, 0.1) is 4.75 Å². The number of ether oxygens (including phenoxy) is 1. The van der Waals surface area contributed by atoms with Crippen LogP contribution in [0.1, 0.15) is 27.7 Å². The number of amides is 2. The number of benzene rings is 1. The van der Waals surface area contributed by atoms with Crippen molar-refractivity contribution >= 4 is 27.4 Å². The van der Waals surface area contributed by atoms with Crippen molar-refractivity contribution in [1.29, 1.82) is 0 Å². The molecule has 1 heterocycles. The predicted octanol–water partition coefficient (Wildman–Crippen LogP) is 3.35. The van der Waals surface area contributed by atoms with Gasteiger partial charge in [0.25, 0.3) is 0 Å². The van der Waals surface area contributed by atoms with Crippen LogP contribution in [0.15, 0.2) is 42.7 Å². The van der Waals surface area contributed by atoms with Crippen LogP contribution in [-0.4, -0.2) is 36.8 Å². The van der Waals surface area contributed by atoms with E-state index in [1.807, 2.05) is 0 Å². The molecule has 2 amide bonds. The number of anilines is 2. The zero-order chi connectivity index (χ0) is 21.7. The van der Waals surface area contributed by atoms with E-state index < -0.39 is 32.7 Å². The lowest BCUT2D eigenvalue weighted by Gasteiger charge is -2.22. The minimum absolute atomic E-state index is 0.0153. The average molecular weight is 424 g/mol. The van der Waals surface area contributed by atoms with E-state index in [1.165, 1.54) is 18.5 Å². The first kappa shape index (κ1) is 22.6. The molecule has 3 N–H and O–H groups in total. The Balaban J connectivity index is 1.98. The van der Waals surface area contributed by atoms with Gasteiger partial charge in [-0.1, -0.05) is 0 Å². The molecule has 10 heteroatoms. The Morgan fingerprint density at radius 3 is 2.38 bits per heavy atom. The summed E-state index contributed by atoms with van der Waals surface area (Å²) in [5, 5.41) is 5.11. The molecule has 1 aromatic heterocycles. The normalized spacial score (nSPS) is 12.9. The monoisotopic (exact) mass is 424 g/mol. The number of carbonyl (C=O) groups is 1. The maximum Gasteiger partial charge on any atom is 0.323 e. The summed E-state index contributed by atoms with van der Waals surface area (Å²) in [6.07, 6.45) is 2.49. The molecule has 0 saturated heterocycles. The molecule has 0 spiro atoms. The van der Waals surface area contributed by atoms with Gasteiger partial charge in [-0.2, -0.15) is 0 Å². The highest BCUT2D eigenvalue weighted by Gasteiger charge is 2.29. The van der Waals surface area contributed by atoms with Crippen LogP contribution in [0.5, 0.6) is 5.75 Å². The zero-order valence-corrected chi connectivity index (χ0v) is 17.5. The molecule has 0 aliphatic rings. The summed E-state index contributed by atoms with van der Waals surface area (Å²) in [7, 11) is -3.52. The summed E-state index contributed by atoms with van der Waals surface area (Å²) in [6.45, 7) is 6.42. The number of sulfonamides is 1. The van der Waals surface area contributed by atoms with E-state index in [9.17, 15) is 17.6 Å². The van der Waals surface area contributed by atoms with E-state index in [4.69, 9.17) is 4.74 Å². The molecule has 0 aliphatic heterocycles. The van der Waals surface area contributed by atoms with Crippen LogP contribution in [0.3, 0.4) is 0 Å². The summed E-state index contributed by atoms with van der Waals surface area (Å²) in [5.41, 5.74) is 0.721. The molecule has 2 aromatic rings. The molecule has 2 rings (SSSR count). The summed E-state index contributed by atoms with van der Waals surface area (Å²) in [4.78, 5) is 15.9. The predicted molar refractivity (Wildman–Crippen MR) is 110 cm³/mol. The van der Waals surface area contributed by atoms with Crippen LogP contribution in [0.25, 0.3) is 0 Å². The second-order valence-electron chi connectivity index (χ2n) is 7.38. The molecule has 0 saturated carbocycles. The number of nitrogens with one attached hydrogen (secondary N) is 3. The third kappa shape index (κ3) is 6.99. The van der Waals surface area contributed by atoms with Gasteiger partial charge in [0.15, 0.2) is 0 Å². The number of halogens is 1. The maximum atomic E-state index is 13.9. The quantitative estimate of drug-likeness (QED) is 0.631. The minimum atomic E-state index is -3.52. The average Bonchev–Trinajstić information content (AvgIpc) is 2.59. The van der Waals surface area contributed by atoms with Gasteiger partial charge >= 0.3 is 6.03 Å². The molecule has 0 unspecified atom stereocenters. The van der Waals surface area contributed by atoms with Gasteiger partial charge in [-0.3, -0.25) is 4.98 Å². The van der Waals surface area contributed by atoms with Gasteiger partial charge in [-0.25, -0.2) is 22.3 Å². The van der Waals surface area contributed by atoms with E-state index in [1.54, 1.807) is 39.8 Å². The second-order valence-corrected chi connectivity index (χ2v) is 9.90. The smallest absolute Gasteiger partial charge is 0.323 e. The summed E-state index contributed by atoms with van der Waals surface area (Å²) in [5.74, 6) is -0.448. The third-order valence-corrected chi connectivity index (χ3v) is 5.93. The van der Waals surface area contributed by atoms with Crippen molar-refractivity contribution in [3.8, 4) is 5.75 Å². The van der Waals surface area contributed by atoms with E-state index in [2.05, 4.69) is 20.3 Å². The fraction of sp³-hybridized carbons (Fsp3) is 0.368. The van der Waals surface area contributed by atoms with Crippen molar-refractivity contribution in [2.24, 2.45) is 0 Å². The van der Waals surface area contributed by atoms with Crippen LogP contribution in [0, 0.1) is 5.82 Å². The van der Waals surface area contributed by atoms with E-state index in [-0.39, 0.29) is 18.0 Å². The van der Waals surface area contributed by atoms with Gasteiger partial charge in [0.1, 0.15) is 17.7 Å². The first-order valence-corrected chi connectivity index (χ1v) is 10.4. The highest BCUT2D eigenvalue weighted by Crippen LogP contribution is 2.22. The van der Waals surface area contributed by atoms with Crippen molar-refractivity contribution in [1.82, 2.24) is 9.71 Å². The molecular formula is C19H25FN4O4S. The lowest BCUT2D eigenvalue weighted by Crippen LogP contribution is -2.43. The zero-order valence-electron chi connectivity index (χ0n) is 16.7. The fourth-order valence-corrected chi connectivity index (χ4v) is 3.04. The number of hydrogen-bond donors (Lipinski definition) is 3. The minimum Gasteiger partial charge on any atom is -0.489 e. The number of aromatic nitrogens is 1. The molecule has 0 bridgehead atoms. The van der Waals surface area contributed by atoms with Gasteiger partial charge in [0.2, 0.25) is 10.0 Å². The standard InChI is InChI=1S/C19H25FN4O4S/c1-13(12-22-29(26,27)19(2,3)4)28-17-10-14(20)9-16(11-17)24-18(25)23-15-5-7-21-8-6-15/h5-11,13,22H,12H2,1-4H3,(H2,21,23,24,25)/t13-/m0/s1. The lowest BCUT2D eigenvalue weighted by molar-refractivity contribution is 0.224. The number of hydrogen-bond acceptors (Lipinski definition) is 5. The highest BCUT2D eigenvalue weighted by molar-refractivity contribution is 7.90. The topological polar surface area (TPSA) is 109 Å². The number of carbonyl (C=O) groups excluding carboxylic acids is 1. The van der Waals surface area contributed by atoms with Crippen LogP contribution in [-0.2, 0) is 10.0 Å². The van der Waals surface area contributed by atoms with Crippen LogP contribution in [0.4, 0.5) is 20.6 Å². The van der Waals surface area contributed by atoms with Crippen molar-refractivity contribution in [2.45, 2.75) is 38.5 Å². The van der Waals surface area contributed by atoms with Crippen molar-refractivity contribution < 1.29 is 22.3 Å². The van der Waals surface area contributed by atoms with Gasteiger partial charge in [-0.15, -0.1) is 0 Å². The van der Waals surface area contributed by atoms with Gasteiger partial charge in [0, 0.05) is 42.4 Å². The van der Waals surface area contributed by atoms with Crippen LogP contribution in [0.2, 0.25) is 0 Å². The molecule has 1 atom stereocenters. The van der Waals surface area contributed by atoms with Crippen molar-refractivity contribution in [3.63, 3.8) is 0 Å². The fourth-order valence-electron chi connectivity index (χ4n) is 2.15. The van der Waals surface area contributed by atoms with E-state index in [0.29, 0.717) is 5.69 Å². The maximum absolute atomic E-state index is 13.9. The summed E-state index contributed by atoms with van der Waals surface area (Å²) in [6, 6.07) is 6.41. The molecule has 0 radical (unpaired) electrons. The Morgan fingerprint density at radius 1 is 1.14 bits per heavy atom. The Morgan fingerprint density at radius 2 is 1.76 bits per heavy atom. The van der Waals surface area contributed by atoms with Crippen LogP contribution < -0.4 is 20.1 Å².